The second-order valence-corrected chi connectivity index (χ2v) is 8.56. The molecule has 1 amide bonds. The van der Waals surface area contributed by atoms with Gasteiger partial charge in [-0.25, -0.2) is 12.8 Å². The van der Waals surface area contributed by atoms with Crippen LogP contribution in [0.2, 0.25) is 0 Å². The number of anilines is 2. The molecule has 0 bridgehead atoms. The molecule has 0 spiro atoms. The Kier molecular flexibility index (Phi) is 6.39. The predicted molar refractivity (Wildman–Crippen MR) is 106 cm³/mol. The first-order valence-corrected chi connectivity index (χ1v) is 10.5. The van der Waals surface area contributed by atoms with Crippen LogP contribution in [0.15, 0.2) is 48.5 Å². The molecule has 8 heteroatoms. The molecule has 0 radical (unpaired) electrons. The van der Waals surface area contributed by atoms with Crippen LogP contribution in [0.5, 0.6) is 0 Å². The predicted octanol–water partition coefficient (Wildman–Crippen LogP) is 3.61. The van der Waals surface area contributed by atoms with Gasteiger partial charge in [-0.15, -0.1) is 0 Å². The fourth-order valence-corrected chi connectivity index (χ4v) is 3.98. The zero-order valence-electron chi connectivity index (χ0n) is 13.7. The minimum Gasteiger partial charge on any atom is -0.324 e. The number of nitrogens with zero attached hydrogens (tertiary/aromatic N) is 1. The third-order valence-electron chi connectivity index (χ3n) is 3.52. The van der Waals surface area contributed by atoms with E-state index in [2.05, 4.69) is 27.9 Å². The minimum absolute atomic E-state index is 0.244. The zero-order chi connectivity index (χ0) is 18.6. The number of sulfonamides is 1. The van der Waals surface area contributed by atoms with Crippen molar-refractivity contribution in [1.82, 2.24) is 0 Å². The van der Waals surface area contributed by atoms with E-state index in [1.165, 1.54) is 12.1 Å². The van der Waals surface area contributed by atoms with Crippen LogP contribution >= 0.6 is 22.6 Å². The molecule has 0 fully saturated rings. The second-order valence-electron chi connectivity index (χ2n) is 5.46. The highest BCUT2D eigenvalue weighted by molar-refractivity contribution is 14.1. The summed E-state index contributed by atoms with van der Waals surface area (Å²) in [5, 5.41) is 2.73. The van der Waals surface area contributed by atoms with E-state index in [0.717, 1.165) is 26.3 Å². The van der Waals surface area contributed by atoms with Crippen molar-refractivity contribution in [1.29, 1.82) is 0 Å². The average Bonchev–Trinajstić information content (AvgIpc) is 2.54. The number of benzene rings is 2. The van der Waals surface area contributed by atoms with Gasteiger partial charge in [0, 0.05) is 9.26 Å². The van der Waals surface area contributed by atoms with Crippen molar-refractivity contribution in [3.05, 3.63) is 57.9 Å². The molecule has 0 aromatic heterocycles. The molecule has 2 rings (SSSR count). The van der Waals surface area contributed by atoms with Gasteiger partial charge in [0.2, 0.25) is 15.9 Å². The largest absolute Gasteiger partial charge is 0.324 e. The van der Waals surface area contributed by atoms with E-state index >= 15 is 0 Å². The molecule has 25 heavy (non-hydrogen) atoms. The molecule has 1 atom stereocenters. The maximum atomic E-state index is 13.2. The highest BCUT2D eigenvalue weighted by Gasteiger charge is 2.31. The average molecular weight is 476 g/mol. The molecule has 1 N–H and O–H groups in total. The van der Waals surface area contributed by atoms with Crippen LogP contribution in [0.4, 0.5) is 15.8 Å². The normalized spacial score (nSPS) is 12.5. The molecule has 0 aliphatic heterocycles. The van der Waals surface area contributed by atoms with Gasteiger partial charge in [0.25, 0.3) is 0 Å². The molecule has 0 aliphatic rings. The first kappa shape index (κ1) is 19.6. The van der Waals surface area contributed by atoms with Gasteiger partial charge in [-0.2, -0.15) is 0 Å². The summed E-state index contributed by atoms with van der Waals surface area (Å²) in [6.45, 7) is 1.72. The fourth-order valence-electron chi connectivity index (χ4n) is 2.41. The number of halogens is 2. The van der Waals surface area contributed by atoms with E-state index in [9.17, 15) is 17.6 Å². The second kappa shape index (κ2) is 8.13. The Hall–Kier alpha value is -1.68. The summed E-state index contributed by atoms with van der Waals surface area (Å²) in [7, 11) is -3.74. The van der Waals surface area contributed by atoms with Gasteiger partial charge in [0.05, 0.1) is 11.9 Å². The van der Waals surface area contributed by atoms with Gasteiger partial charge in [-0.05, 0) is 77.5 Å². The number of nitrogens with one attached hydrogen (secondary N) is 1. The molecule has 1 unspecified atom stereocenters. The van der Waals surface area contributed by atoms with E-state index in [1.807, 2.05) is 12.1 Å². The Bertz CT molecular complexity index is 839. The Balaban J connectivity index is 2.34. The van der Waals surface area contributed by atoms with Crippen molar-refractivity contribution in [2.45, 2.75) is 19.4 Å². The lowest BCUT2D eigenvalue weighted by Crippen LogP contribution is -2.47. The number of hydrogen-bond donors (Lipinski definition) is 1. The lowest BCUT2D eigenvalue weighted by atomic mass is 10.2. The molecule has 0 saturated carbocycles. The van der Waals surface area contributed by atoms with Crippen molar-refractivity contribution in [3.63, 3.8) is 0 Å². The lowest BCUT2D eigenvalue weighted by Gasteiger charge is -2.30. The number of rotatable bonds is 6. The highest BCUT2D eigenvalue weighted by Crippen LogP contribution is 2.23. The maximum absolute atomic E-state index is 13.2. The summed E-state index contributed by atoms with van der Waals surface area (Å²) in [4.78, 5) is 12.7. The van der Waals surface area contributed by atoms with Crippen LogP contribution in [-0.2, 0) is 14.8 Å². The van der Waals surface area contributed by atoms with E-state index in [0.29, 0.717) is 5.69 Å². The summed E-state index contributed by atoms with van der Waals surface area (Å²) in [6.07, 6.45) is 1.29. The van der Waals surface area contributed by atoms with Crippen molar-refractivity contribution in [2.75, 3.05) is 15.9 Å². The van der Waals surface area contributed by atoms with Crippen LogP contribution in [0.1, 0.15) is 13.3 Å². The Morgan fingerprint density at radius 1 is 1.16 bits per heavy atom. The van der Waals surface area contributed by atoms with Crippen LogP contribution in [0.25, 0.3) is 0 Å². The molecule has 0 saturated heterocycles. The third-order valence-corrected chi connectivity index (χ3v) is 5.42. The fraction of sp³-hybridized carbons (Fsp3) is 0.235. The Morgan fingerprint density at radius 3 is 2.20 bits per heavy atom. The summed E-state index contributed by atoms with van der Waals surface area (Å²) in [6, 6.07) is 11.2. The Labute approximate surface area is 160 Å². The van der Waals surface area contributed by atoms with E-state index in [-0.39, 0.29) is 12.1 Å². The van der Waals surface area contributed by atoms with Gasteiger partial charge in [-0.1, -0.05) is 6.92 Å². The number of hydrogen-bond acceptors (Lipinski definition) is 3. The first-order valence-electron chi connectivity index (χ1n) is 7.53. The van der Waals surface area contributed by atoms with Crippen molar-refractivity contribution >= 4 is 49.9 Å². The van der Waals surface area contributed by atoms with Crippen molar-refractivity contribution in [2.24, 2.45) is 0 Å². The summed E-state index contributed by atoms with van der Waals surface area (Å²) >= 11 is 2.15. The molecule has 0 heterocycles. The van der Waals surface area contributed by atoms with E-state index in [4.69, 9.17) is 0 Å². The first-order chi connectivity index (χ1) is 11.7. The summed E-state index contributed by atoms with van der Waals surface area (Å²) in [5.41, 5.74) is 0.824. The monoisotopic (exact) mass is 476 g/mol. The zero-order valence-corrected chi connectivity index (χ0v) is 16.7. The van der Waals surface area contributed by atoms with E-state index in [1.54, 1.807) is 19.1 Å². The topological polar surface area (TPSA) is 66.5 Å². The number of carbonyl (C=O) groups excluding carboxylic acids is 1. The smallest absolute Gasteiger partial charge is 0.248 e. The van der Waals surface area contributed by atoms with Gasteiger partial charge in [-0.3, -0.25) is 9.10 Å². The molecule has 2 aromatic carbocycles. The summed E-state index contributed by atoms with van der Waals surface area (Å²) < 4.78 is 39.7. The Morgan fingerprint density at radius 2 is 1.72 bits per heavy atom. The molecular formula is C17H18FIN2O3S. The van der Waals surface area contributed by atoms with Crippen LogP contribution in [0, 0.1) is 9.39 Å². The number of amides is 1. The van der Waals surface area contributed by atoms with Crippen molar-refractivity contribution in [3.8, 4) is 0 Å². The SMILES string of the molecule is CCC(C(=O)Nc1ccc(I)cc1)N(c1ccc(F)cc1)S(C)(=O)=O. The molecular weight excluding hydrogens is 458 g/mol. The summed E-state index contributed by atoms with van der Waals surface area (Å²) in [5.74, 6) is -0.924. The van der Waals surface area contributed by atoms with Crippen LogP contribution in [-0.4, -0.2) is 26.6 Å². The molecule has 5 nitrogen and oxygen atoms in total. The van der Waals surface area contributed by atoms with Gasteiger partial charge in [0.15, 0.2) is 0 Å². The lowest BCUT2D eigenvalue weighted by molar-refractivity contribution is -0.117. The van der Waals surface area contributed by atoms with Gasteiger partial charge < -0.3 is 5.32 Å². The molecule has 134 valence electrons. The minimum atomic E-state index is -3.74. The van der Waals surface area contributed by atoms with Gasteiger partial charge >= 0.3 is 0 Å². The quantitative estimate of drug-likeness (QED) is 0.648. The van der Waals surface area contributed by atoms with Crippen LogP contribution in [0.3, 0.4) is 0 Å². The van der Waals surface area contributed by atoms with E-state index < -0.39 is 27.8 Å². The highest BCUT2D eigenvalue weighted by atomic mass is 127. The van der Waals surface area contributed by atoms with Crippen molar-refractivity contribution < 1.29 is 17.6 Å². The standard InChI is InChI=1S/C17H18FIN2O3S/c1-3-16(17(22)20-14-8-6-13(19)7-9-14)21(25(2,23)24)15-10-4-12(18)5-11-15/h4-11,16H,3H2,1-2H3,(H,20,22). The maximum Gasteiger partial charge on any atom is 0.248 e. The molecule has 0 aliphatic carbocycles. The third kappa shape index (κ3) is 5.15. The number of carbonyl (C=O) groups is 1. The molecule has 2 aromatic rings. The van der Waals surface area contributed by atoms with Crippen LogP contribution < -0.4 is 9.62 Å². The van der Waals surface area contributed by atoms with Gasteiger partial charge in [0.1, 0.15) is 11.9 Å².